The molecule has 0 bridgehead atoms. The number of aliphatic carboxylic acids is 1. The Morgan fingerprint density at radius 1 is 1.36 bits per heavy atom. The van der Waals surface area contributed by atoms with E-state index in [1.165, 1.54) is 6.08 Å². The van der Waals surface area contributed by atoms with Gasteiger partial charge in [-0.15, -0.1) is 0 Å². The first-order chi connectivity index (χ1) is 13.1. The summed E-state index contributed by atoms with van der Waals surface area (Å²) >= 11 is 0. The highest BCUT2D eigenvalue weighted by atomic mass is 18.4. The summed E-state index contributed by atoms with van der Waals surface area (Å²) in [5.41, 5.74) is 0.389. The maximum atomic E-state index is 11.9. The number of carboxylic acids is 1. The standard InChI is InChI=1S/C21H30O7/c1-5-13(3)19(24)15(20(25)26)8-6-7-12(2)9-10-16(22)18-17(23)11-14(4)28-21(18)27/h6,8,13-15,19,22,24H,2,5,7,9-11H2,1,3-4H3,(H,25,26)/b8-6+,18-16+/t13-,14+,15+,19+/m0/s1/i14+1,17+1,21+1,23+2,27+2,28+2. The molecule has 1 saturated heterocycles. The Kier molecular flexibility index (Phi) is 9.12. The molecule has 1 fully saturated rings. The van der Waals surface area contributed by atoms with Crippen LogP contribution in [-0.4, -0.2) is 45.2 Å². The van der Waals surface area contributed by atoms with Crippen LogP contribution in [0.1, 0.15) is 52.9 Å². The van der Waals surface area contributed by atoms with E-state index in [-0.39, 0.29) is 30.1 Å². The Morgan fingerprint density at radius 2 is 2.00 bits per heavy atom. The highest BCUT2D eigenvalue weighted by Gasteiger charge is 2.32. The summed E-state index contributed by atoms with van der Waals surface area (Å²) in [7, 11) is 0. The zero-order valence-electron chi connectivity index (χ0n) is 16.7. The highest BCUT2D eigenvalue weighted by molar-refractivity contribution is 6.19. The molecule has 28 heavy (non-hydrogen) atoms. The molecule has 0 aromatic rings. The number of esters is 1. The van der Waals surface area contributed by atoms with Crippen molar-refractivity contribution in [3.63, 3.8) is 0 Å². The Labute approximate surface area is 165 Å². The summed E-state index contributed by atoms with van der Waals surface area (Å²) in [5.74, 6) is -3.81. The zero-order chi connectivity index (χ0) is 21.4. The predicted octanol–water partition coefficient (Wildman–Crippen LogP) is 3.09. The third-order valence-electron chi connectivity index (χ3n) is 4.90. The minimum atomic E-state index is -1.10. The van der Waals surface area contributed by atoms with Crippen molar-refractivity contribution in [1.29, 1.82) is 0 Å². The lowest BCUT2D eigenvalue weighted by atomic mass is 9.89. The second kappa shape index (κ2) is 10.8. The molecule has 1 rings (SSSR count). The molecule has 7 nitrogen and oxygen atoms in total. The fraction of sp³-hybridized carbons (Fsp3) is 0.571. The summed E-state index contributed by atoms with van der Waals surface area (Å²) in [6.07, 6.45) is 3.05. The van der Waals surface area contributed by atoms with Crippen molar-refractivity contribution in [1.82, 2.24) is 0 Å². The third kappa shape index (κ3) is 6.64. The Hall–Kier alpha value is -2.41. The van der Waals surface area contributed by atoms with E-state index in [1.54, 1.807) is 19.9 Å². The van der Waals surface area contributed by atoms with Crippen LogP contribution < -0.4 is 0 Å². The maximum absolute atomic E-state index is 11.9. The number of hydrogen-bond donors (Lipinski definition) is 3. The summed E-state index contributed by atoms with van der Waals surface area (Å²) in [5, 5.41) is 29.5. The van der Waals surface area contributed by atoms with E-state index in [0.717, 1.165) is 0 Å². The van der Waals surface area contributed by atoms with Gasteiger partial charge in [-0.1, -0.05) is 44.6 Å². The van der Waals surface area contributed by atoms with Crippen LogP contribution in [0, 0.1) is 11.8 Å². The van der Waals surface area contributed by atoms with Crippen molar-refractivity contribution in [2.75, 3.05) is 0 Å². The SMILES string of the molecule is C=C(C/C=C/[C@@H](C(=O)O)[C@H](O)[C@@H](C)CC)CC/C(O)=C1/[13C](=[18O])C[13C@@H](C)[18O][13C]1=[18O]. The van der Waals surface area contributed by atoms with Gasteiger partial charge in [0.05, 0.1) is 6.10 Å². The summed E-state index contributed by atoms with van der Waals surface area (Å²) in [4.78, 5) is 35.1. The first-order valence-electron chi connectivity index (χ1n) is 9.48. The molecule has 0 saturated carbocycles. The fourth-order valence-corrected chi connectivity index (χ4v) is 2.88. The Bertz CT molecular complexity index is 654. The lowest BCUT2D eigenvalue weighted by Gasteiger charge is -2.21. The number of carbonyl (C=O) groups is 3. The van der Waals surface area contributed by atoms with E-state index >= 15 is 0 Å². The second-order valence-electron chi connectivity index (χ2n) is 7.29. The number of allylic oxidation sites excluding steroid dienone is 3. The molecule has 0 amide bonds. The second-order valence-corrected chi connectivity index (χ2v) is 7.29. The van der Waals surface area contributed by atoms with Crippen LogP contribution in [0.2, 0.25) is 0 Å². The summed E-state index contributed by atoms with van der Waals surface area (Å²) in [6, 6.07) is 0. The molecule has 3 N–H and O–H groups in total. The lowest BCUT2D eigenvalue weighted by molar-refractivity contribution is -0.150. The molecule has 0 aromatic carbocycles. The predicted molar refractivity (Wildman–Crippen MR) is 104 cm³/mol. The number of aliphatic hydroxyl groups is 2. The number of carbonyl (C=O) groups excluding carboxylic acids is 2. The molecule has 1 heterocycles. The van der Waals surface area contributed by atoms with Crippen molar-refractivity contribution in [3.8, 4) is 0 Å². The molecule has 0 radical (unpaired) electrons. The van der Waals surface area contributed by atoms with Crippen LogP contribution in [0.15, 0.2) is 35.6 Å². The molecule has 1 aliphatic heterocycles. The van der Waals surface area contributed by atoms with Crippen LogP contribution in [0.5, 0.6) is 0 Å². The van der Waals surface area contributed by atoms with Crippen LogP contribution in [0.25, 0.3) is 0 Å². The van der Waals surface area contributed by atoms with E-state index in [9.17, 15) is 29.7 Å². The molecule has 0 aliphatic carbocycles. The van der Waals surface area contributed by atoms with Gasteiger partial charge in [-0.2, -0.15) is 0 Å². The van der Waals surface area contributed by atoms with Gasteiger partial charge in [0, 0.05) is 12.8 Å². The number of aliphatic hydroxyl groups excluding tert-OH is 2. The summed E-state index contributed by atoms with van der Waals surface area (Å²) in [6.45, 7) is 9.15. The third-order valence-corrected chi connectivity index (χ3v) is 4.90. The fourth-order valence-electron chi connectivity index (χ4n) is 2.88. The van der Waals surface area contributed by atoms with Crippen molar-refractivity contribution in [2.45, 2.75) is 65.1 Å². The number of ether oxygens (including phenoxy) is 1. The first-order valence-corrected chi connectivity index (χ1v) is 9.48. The molecule has 4 atom stereocenters. The monoisotopic (exact) mass is 403 g/mol. The lowest BCUT2D eigenvalue weighted by Crippen LogP contribution is -2.31. The van der Waals surface area contributed by atoms with Gasteiger partial charge in [-0.05, 0) is 25.7 Å². The van der Waals surface area contributed by atoms with Crippen molar-refractivity contribution in [3.05, 3.63) is 35.6 Å². The number of ketones is 1. The number of hydrogen-bond acceptors (Lipinski definition) is 6. The minimum Gasteiger partial charge on any atom is -0.511 e. The normalized spacial score (nSPS) is 22.5. The quantitative estimate of drug-likeness (QED) is 0.0974. The van der Waals surface area contributed by atoms with Gasteiger partial charge < -0.3 is 20.1 Å². The van der Waals surface area contributed by atoms with Gasteiger partial charge in [-0.3, -0.25) is 9.59 Å². The zero-order valence-corrected chi connectivity index (χ0v) is 16.7. The van der Waals surface area contributed by atoms with Crippen LogP contribution in [0.4, 0.5) is 0 Å². The number of cyclic esters (lactones) is 1. The average Bonchev–Trinajstić information content (AvgIpc) is 2.61. The molecular weight excluding hydrogens is 373 g/mol. The number of Topliss-reactive ketones (excluding diaryl/α,β-unsaturated/α-hetero) is 1. The molecule has 156 valence electrons. The maximum Gasteiger partial charge on any atom is 0.345 e. The van der Waals surface area contributed by atoms with Crippen LogP contribution in [-0.2, 0) is 19.1 Å². The summed E-state index contributed by atoms with van der Waals surface area (Å²) < 4.78 is 4.97. The van der Waals surface area contributed by atoms with Crippen molar-refractivity contribution >= 4 is 17.7 Å². The van der Waals surface area contributed by atoms with E-state index in [4.69, 9.17) is 4.74 Å². The Morgan fingerprint density at radius 3 is 2.54 bits per heavy atom. The topological polar surface area (TPSA) is 121 Å². The van der Waals surface area contributed by atoms with E-state index in [2.05, 4.69) is 6.58 Å². The van der Waals surface area contributed by atoms with Gasteiger partial charge in [0.2, 0.25) is 0 Å². The molecule has 7 heteroatoms. The van der Waals surface area contributed by atoms with E-state index in [0.29, 0.717) is 24.8 Å². The van der Waals surface area contributed by atoms with Crippen LogP contribution >= 0.6 is 0 Å². The minimum absolute atomic E-state index is 0.0455. The van der Waals surface area contributed by atoms with E-state index < -0.39 is 35.8 Å². The average molecular weight is 403 g/mol. The van der Waals surface area contributed by atoms with E-state index in [1.807, 2.05) is 6.92 Å². The largest absolute Gasteiger partial charge is 0.511 e. The van der Waals surface area contributed by atoms with Gasteiger partial charge in [-0.25, -0.2) is 4.79 Å². The molecular formula is C21H30O7. The van der Waals surface area contributed by atoms with Gasteiger partial charge in [0.25, 0.3) is 0 Å². The molecule has 0 aromatic heterocycles. The highest BCUT2D eigenvalue weighted by Crippen LogP contribution is 2.23. The van der Waals surface area contributed by atoms with Crippen LogP contribution in [0.3, 0.4) is 0 Å². The van der Waals surface area contributed by atoms with Crippen molar-refractivity contribution < 1.29 is 34.4 Å². The smallest absolute Gasteiger partial charge is 0.345 e. The van der Waals surface area contributed by atoms with Crippen molar-refractivity contribution in [2.24, 2.45) is 11.8 Å². The van der Waals surface area contributed by atoms with Gasteiger partial charge in [0.15, 0.2) is 5.78 Å². The molecule has 1 aliphatic rings. The number of carboxylic acid groups (broad SMARTS) is 1. The molecule has 0 unspecified atom stereocenters. The molecule has 0 spiro atoms. The first kappa shape index (κ1) is 23.6. The number of rotatable bonds is 10. The van der Waals surface area contributed by atoms with Gasteiger partial charge >= 0.3 is 11.9 Å². The van der Waals surface area contributed by atoms with Gasteiger partial charge in [0.1, 0.15) is 23.4 Å². The Balaban J connectivity index is 2.63.